The predicted molar refractivity (Wildman–Crippen MR) is 313 cm³/mol. The number of hydrogen-bond acceptors (Lipinski definition) is 5. The summed E-state index contributed by atoms with van der Waals surface area (Å²) in [5.41, 5.74) is 0. The molecule has 72 heavy (non-hydrogen) atoms. The SMILES string of the molecule is CC/C=C\C/C=C\C/C=C\C/C=C\C/C=C\C/C=C\CCCCCCCCCCCCCCCCCCC(=O)NC(COP(=O)(O)OCC[N+](C)(C)C)C(O)CCCCCCCCCCCCCCCCC. The molecular weight excluding hydrogens is 912 g/mol. The Bertz CT molecular complexity index is 1400. The molecule has 0 rings (SSSR count). The zero-order chi connectivity index (χ0) is 52.7. The minimum atomic E-state index is -4.32. The summed E-state index contributed by atoms with van der Waals surface area (Å²) >= 11 is 0. The van der Waals surface area contributed by atoms with E-state index in [1.165, 1.54) is 167 Å². The quantitative estimate of drug-likeness (QED) is 0.0243. The molecule has 0 radical (unpaired) electrons. The number of hydrogen-bond donors (Lipinski definition) is 3. The van der Waals surface area contributed by atoms with Crippen molar-refractivity contribution in [3.8, 4) is 0 Å². The van der Waals surface area contributed by atoms with Crippen LogP contribution in [0.4, 0.5) is 0 Å². The molecule has 3 atom stereocenters. The van der Waals surface area contributed by atoms with Crippen molar-refractivity contribution in [2.24, 2.45) is 0 Å². The lowest BCUT2D eigenvalue weighted by molar-refractivity contribution is -0.870. The molecule has 0 heterocycles. The van der Waals surface area contributed by atoms with Gasteiger partial charge >= 0.3 is 7.82 Å². The smallest absolute Gasteiger partial charge is 0.391 e. The second kappa shape index (κ2) is 53.8. The zero-order valence-corrected chi connectivity index (χ0v) is 48.8. The van der Waals surface area contributed by atoms with E-state index >= 15 is 0 Å². The van der Waals surface area contributed by atoms with Gasteiger partial charge in [0.1, 0.15) is 13.2 Å². The van der Waals surface area contributed by atoms with Crippen LogP contribution < -0.4 is 5.32 Å². The van der Waals surface area contributed by atoms with Crippen LogP contribution in [-0.2, 0) is 18.4 Å². The Labute approximate surface area is 446 Å². The second-order valence-electron chi connectivity index (χ2n) is 21.7. The average molecular weight is 1030 g/mol. The topological polar surface area (TPSA) is 105 Å². The van der Waals surface area contributed by atoms with Gasteiger partial charge < -0.3 is 19.8 Å². The van der Waals surface area contributed by atoms with Crippen LogP contribution in [0, 0.1) is 0 Å². The number of amides is 1. The van der Waals surface area contributed by atoms with Gasteiger partial charge in [0.05, 0.1) is 39.9 Å². The summed E-state index contributed by atoms with van der Waals surface area (Å²) in [6, 6.07) is -0.762. The van der Waals surface area contributed by atoms with Gasteiger partial charge in [0.15, 0.2) is 0 Å². The van der Waals surface area contributed by atoms with Gasteiger partial charge in [0.25, 0.3) is 0 Å². The summed E-state index contributed by atoms with van der Waals surface area (Å²) in [6.45, 7) is 4.79. The third-order valence-electron chi connectivity index (χ3n) is 13.5. The molecule has 3 unspecified atom stereocenters. The number of aliphatic hydroxyl groups excluding tert-OH is 1. The van der Waals surface area contributed by atoms with Crippen LogP contribution >= 0.6 is 7.82 Å². The lowest BCUT2D eigenvalue weighted by Gasteiger charge is -2.26. The van der Waals surface area contributed by atoms with Gasteiger partial charge in [-0.25, -0.2) is 4.57 Å². The molecule has 0 aliphatic carbocycles. The maximum atomic E-state index is 13.0. The molecular formula is C63H118N2O6P+. The molecule has 0 fully saturated rings. The normalized spacial score (nSPS) is 14.4. The molecule has 0 aromatic heterocycles. The Hall–Kier alpha value is -2.06. The fraction of sp³-hybridized carbons (Fsp3) is 0.794. The van der Waals surface area contributed by atoms with E-state index < -0.39 is 20.0 Å². The first-order valence-electron chi connectivity index (χ1n) is 30.3. The number of carbonyl (C=O) groups is 1. The number of carbonyl (C=O) groups excluding carboxylic acids is 1. The highest BCUT2D eigenvalue weighted by atomic mass is 31.2. The first kappa shape index (κ1) is 69.9. The van der Waals surface area contributed by atoms with Crippen LogP contribution in [0.15, 0.2) is 72.9 Å². The lowest BCUT2D eigenvalue weighted by Crippen LogP contribution is -2.46. The molecule has 0 aromatic rings. The van der Waals surface area contributed by atoms with Crippen LogP contribution in [0.5, 0.6) is 0 Å². The van der Waals surface area contributed by atoms with E-state index in [-0.39, 0.29) is 19.1 Å². The first-order valence-corrected chi connectivity index (χ1v) is 31.8. The van der Waals surface area contributed by atoms with E-state index in [0.717, 1.165) is 77.0 Å². The first-order chi connectivity index (χ1) is 35.0. The summed E-state index contributed by atoms with van der Waals surface area (Å²) in [4.78, 5) is 23.3. The Morgan fingerprint density at radius 3 is 1.22 bits per heavy atom. The molecule has 9 heteroatoms. The predicted octanol–water partition coefficient (Wildman–Crippen LogP) is 18.7. The zero-order valence-electron chi connectivity index (χ0n) is 47.9. The molecule has 8 nitrogen and oxygen atoms in total. The van der Waals surface area contributed by atoms with E-state index in [0.29, 0.717) is 23.9 Å². The van der Waals surface area contributed by atoms with E-state index in [1.54, 1.807) is 0 Å². The summed E-state index contributed by atoms with van der Waals surface area (Å²) < 4.78 is 23.8. The van der Waals surface area contributed by atoms with Crippen LogP contribution in [0.3, 0.4) is 0 Å². The standard InChI is InChI=1S/C63H117N2O6P/c1-6-8-10-12-14-16-18-20-22-23-24-25-26-27-28-29-30-31-32-33-34-35-36-37-38-39-40-41-43-45-47-49-51-53-55-57-63(67)64-61(60-71-72(68,69)70-59-58-65(3,4)5)62(66)56-54-52-50-48-46-44-42-21-19-17-15-13-11-9-7-2/h8,10,14,16,20,22,24-25,27-28,30-31,61-62,66H,6-7,9,11-13,15,17-19,21,23,26,29,32-60H2,1-5H3,(H-,64,67,68,69)/p+1/b10-8-,16-14-,22-20-,25-24-,28-27-,31-30-. The maximum absolute atomic E-state index is 13.0. The fourth-order valence-electron chi connectivity index (χ4n) is 8.76. The number of likely N-dealkylation sites (N-methyl/N-ethyl adjacent to an activating group) is 1. The molecule has 0 bridgehead atoms. The molecule has 0 aliphatic rings. The summed E-state index contributed by atoms with van der Waals surface area (Å²) in [5.74, 6) is -0.144. The second-order valence-corrected chi connectivity index (χ2v) is 23.2. The Morgan fingerprint density at radius 2 is 0.833 bits per heavy atom. The molecule has 0 spiro atoms. The Balaban J connectivity index is 4.02. The lowest BCUT2D eigenvalue weighted by atomic mass is 10.0. The molecule has 0 aromatic carbocycles. The van der Waals surface area contributed by atoms with Crippen molar-refractivity contribution in [3.63, 3.8) is 0 Å². The molecule has 0 saturated heterocycles. The third kappa shape index (κ3) is 55.7. The van der Waals surface area contributed by atoms with E-state index in [9.17, 15) is 19.4 Å². The number of allylic oxidation sites excluding steroid dienone is 12. The average Bonchev–Trinajstić information content (AvgIpc) is 3.34. The number of phosphoric ester groups is 1. The van der Waals surface area contributed by atoms with Gasteiger partial charge in [0, 0.05) is 6.42 Å². The largest absolute Gasteiger partial charge is 0.472 e. The van der Waals surface area contributed by atoms with Crippen LogP contribution in [-0.4, -0.2) is 73.4 Å². The van der Waals surface area contributed by atoms with Crippen molar-refractivity contribution >= 4 is 13.7 Å². The molecule has 0 aliphatic heterocycles. The number of phosphoric acid groups is 1. The summed E-state index contributed by atoms with van der Waals surface area (Å²) in [6.07, 6.45) is 74.0. The van der Waals surface area contributed by atoms with Crippen LogP contribution in [0.1, 0.15) is 271 Å². The summed E-state index contributed by atoms with van der Waals surface area (Å²) in [5, 5.41) is 14.1. The highest BCUT2D eigenvalue weighted by Crippen LogP contribution is 2.43. The van der Waals surface area contributed by atoms with Crippen LogP contribution in [0.2, 0.25) is 0 Å². The van der Waals surface area contributed by atoms with Crippen molar-refractivity contribution in [2.75, 3.05) is 40.9 Å². The van der Waals surface area contributed by atoms with Crippen molar-refractivity contribution in [3.05, 3.63) is 72.9 Å². The van der Waals surface area contributed by atoms with E-state index in [1.807, 2.05) is 21.1 Å². The van der Waals surface area contributed by atoms with Gasteiger partial charge in [-0.1, -0.05) is 273 Å². The minimum absolute atomic E-state index is 0.0739. The molecule has 0 saturated carbocycles. The summed E-state index contributed by atoms with van der Waals surface area (Å²) in [7, 11) is 1.62. The number of unbranched alkanes of at least 4 members (excludes halogenated alkanes) is 30. The van der Waals surface area contributed by atoms with Crippen molar-refractivity contribution in [1.29, 1.82) is 0 Å². The Morgan fingerprint density at radius 1 is 0.486 bits per heavy atom. The number of rotatable bonds is 55. The maximum Gasteiger partial charge on any atom is 0.472 e. The Kier molecular flexibility index (Phi) is 52.2. The minimum Gasteiger partial charge on any atom is -0.391 e. The van der Waals surface area contributed by atoms with Crippen molar-refractivity contribution in [1.82, 2.24) is 5.32 Å². The monoisotopic (exact) mass is 1030 g/mol. The fourth-order valence-corrected chi connectivity index (χ4v) is 9.49. The van der Waals surface area contributed by atoms with Gasteiger partial charge in [0.2, 0.25) is 5.91 Å². The van der Waals surface area contributed by atoms with Gasteiger partial charge in [-0.3, -0.25) is 13.8 Å². The van der Waals surface area contributed by atoms with Gasteiger partial charge in [-0.2, -0.15) is 0 Å². The number of nitrogens with one attached hydrogen (secondary N) is 1. The van der Waals surface area contributed by atoms with Gasteiger partial charge in [-0.05, 0) is 64.2 Å². The number of nitrogens with zero attached hydrogens (tertiary/aromatic N) is 1. The molecule has 3 N–H and O–H groups in total. The number of quaternary nitrogens is 1. The third-order valence-corrected chi connectivity index (χ3v) is 14.5. The van der Waals surface area contributed by atoms with Crippen LogP contribution in [0.25, 0.3) is 0 Å². The number of aliphatic hydroxyl groups is 1. The van der Waals surface area contributed by atoms with Gasteiger partial charge in [-0.15, -0.1) is 0 Å². The molecule has 1 amide bonds. The van der Waals surface area contributed by atoms with E-state index in [4.69, 9.17) is 9.05 Å². The highest BCUT2D eigenvalue weighted by Gasteiger charge is 2.28. The van der Waals surface area contributed by atoms with Crippen molar-refractivity contribution < 1.29 is 32.9 Å². The molecule has 420 valence electrons. The van der Waals surface area contributed by atoms with E-state index in [2.05, 4.69) is 92.1 Å². The highest BCUT2D eigenvalue weighted by molar-refractivity contribution is 7.47. The van der Waals surface area contributed by atoms with Crippen molar-refractivity contribution in [2.45, 2.75) is 283 Å².